The standard InChI is InChI=1S/C16H18FNO/c1-12-3-5-13(6-4-12)10-18(2)16-8-7-15(17)9-14(16)11-19/h3-9,19H,10-11H2,1-2H3. The summed E-state index contributed by atoms with van der Waals surface area (Å²) in [7, 11) is 1.94. The van der Waals surface area contributed by atoms with Gasteiger partial charge in [-0.05, 0) is 30.7 Å². The van der Waals surface area contributed by atoms with Gasteiger partial charge in [0.2, 0.25) is 0 Å². The lowest BCUT2D eigenvalue weighted by molar-refractivity contribution is 0.281. The normalized spacial score (nSPS) is 10.5. The number of hydrogen-bond donors (Lipinski definition) is 1. The highest BCUT2D eigenvalue weighted by Crippen LogP contribution is 2.22. The van der Waals surface area contributed by atoms with Gasteiger partial charge in [-0.3, -0.25) is 0 Å². The van der Waals surface area contributed by atoms with Crippen LogP contribution >= 0.6 is 0 Å². The van der Waals surface area contributed by atoms with Crippen molar-refractivity contribution in [2.75, 3.05) is 11.9 Å². The van der Waals surface area contributed by atoms with Gasteiger partial charge in [-0.25, -0.2) is 4.39 Å². The SMILES string of the molecule is Cc1ccc(CN(C)c2ccc(F)cc2CO)cc1. The molecule has 0 aliphatic rings. The first kappa shape index (κ1) is 13.6. The fraction of sp³-hybridized carbons (Fsp3) is 0.250. The van der Waals surface area contributed by atoms with E-state index in [2.05, 4.69) is 31.2 Å². The second-order valence-electron chi connectivity index (χ2n) is 4.77. The molecule has 2 nitrogen and oxygen atoms in total. The molecule has 0 radical (unpaired) electrons. The molecule has 0 fully saturated rings. The maximum absolute atomic E-state index is 13.1. The van der Waals surface area contributed by atoms with E-state index in [-0.39, 0.29) is 12.4 Å². The minimum absolute atomic E-state index is 0.161. The van der Waals surface area contributed by atoms with Crippen LogP contribution in [0.5, 0.6) is 0 Å². The van der Waals surface area contributed by atoms with E-state index >= 15 is 0 Å². The topological polar surface area (TPSA) is 23.5 Å². The Balaban J connectivity index is 2.19. The van der Waals surface area contributed by atoms with Gasteiger partial charge in [-0.2, -0.15) is 0 Å². The summed E-state index contributed by atoms with van der Waals surface area (Å²) >= 11 is 0. The molecule has 0 aliphatic carbocycles. The number of benzene rings is 2. The van der Waals surface area contributed by atoms with Gasteiger partial charge in [0.25, 0.3) is 0 Å². The van der Waals surface area contributed by atoms with Crippen molar-refractivity contribution in [3.63, 3.8) is 0 Å². The van der Waals surface area contributed by atoms with Crippen LogP contribution in [0.15, 0.2) is 42.5 Å². The van der Waals surface area contributed by atoms with Crippen molar-refractivity contribution in [3.05, 3.63) is 65.0 Å². The largest absolute Gasteiger partial charge is 0.392 e. The third-order valence-electron chi connectivity index (χ3n) is 3.16. The van der Waals surface area contributed by atoms with Crippen molar-refractivity contribution in [3.8, 4) is 0 Å². The first-order chi connectivity index (χ1) is 9.10. The molecule has 0 unspecified atom stereocenters. The number of hydrogen-bond acceptors (Lipinski definition) is 2. The molecule has 0 spiro atoms. The van der Waals surface area contributed by atoms with Crippen LogP contribution in [0.4, 0.5) is 10.1 Å². The van der Waals surface area contributed by atoms with E-state index in [4.69, 9.17) is 0 Å². The summed E-state index contributed by atoms with van der Waals surface area (Å²) in [5.41, 5.74) is 3.87. The number of nitrogens with zero attached hydrogens (tertiary/aromatic N) is 1. The molecular weight excluding hydrogens is 241 g/mol. The molecule has 0 aromatic heterocycles. The maximum atomic E-state index is 13.1. The van der Waals surface area contributed by atoms with Crippen molar-refractivity contribution in [2.45, 2.75) is 20.1 Å². The molecule has 100 valence electrons. The highest BCUT2D eigenvalue weighted by molar-refractivity contribution is 5.53. The molecule has 2 rings (SSSR count). The van der Waals surface area contributed by atoms with E-state index in [1.165, 1.54) is 23.3 Å². The van der Waals surface area contributed by atoms with Crippen molar-refractivity contribution in [1.82, 2.24) is 0 Å². The van der Waals surface area contributed by atoms with Crippen molar-refractivity contribution < 1.29 is 9.50 Å². The van der Waals surface area contributed by atoms with Crippen LogP contribution in [-0.2, 0) is 13.2 Å². The first-order valence-electron chi connectivity index (χ1n) is 6.26. The van der Waals surface area contributed by atoms with Gasteiger partial charge >= 0.3 is 0 Å². The highest BCUT2D eigenvalue weighted by atomic mass is 19.1. The minimum Gasteiger partial charge on any atom is -0.392 e. The summed E-state index contributed by atoms with van der Waals surface area (Å²) in [6.45, 7) is 2.61. The van der Waals surface area contributed by atoms with Gasteiger partial charge in [0.05, 0.1) is 6.61 Å². The Labute approximate surface area is 113 Å². The summed E-state index contributed by atoms with van der Waals surface area (Å²) in [6.07, 6.45) is 0. The lowest BCUT2D eigenvalue weighted by atomic mass is 10.1. The number of aryl methyl sites for hydroxylation is 1. The molecule has 0 bridgehead atoms. The van der Waals surface area contributed by atoms with Crippen molar-refractivity contribution in [2.24, 2.45) is 0 Å². The van der Waals surface area contributed by atoms with Crippen molar-refractivity contribution in [1.29, 1.82) is 0 Å². The van der Waals surface area contributed by atoms with Crippen LogP contribution in [0.2, 0.25) is 0 Å². The fourth-order valence-corrected chi connectivity index (χ4v) is 2.11. The molecule has 19 heavy (non-hydrogen) atoms. The summed E-state index contributed by atoms with van der Waals surface area (Å²) in [4.78, 5) is 2.01. The Morgan fingerprint density at radius 1 is 1.11 bits per heavy atom. The van der Waals surface area contributed by atoms with Gasteiger partial charge in [-0.15, -0.1) is 0 Å². The van der Waals surface area contributed by atoms with Crippen molar-refractivity contribution >= 4 is 5.69 Å². The van der Waals surface area contributed by atoms with Gasteiger partial charge in [0, 0.05) is 24.8 Å². The van der Waals surface area contributed by atoms with Crippen LogP contribution in [0.1, 0.15) is 16.7 Å². The molecule has 0 amide bonds. The van der Waals surface area contributed by atoms with Gasteiger partial charge < -0.3 is 10.0 Å². The molecule has 1 N–H and O–H groups in total. The minimum atomic E-state index is -0.323. The van der Waals surface area contributed by atoms with Crippen LogP contribution in [-0.4, -0.2) is 12.2 Å². The van der Waals surface area contributed by atoms with Gasteiger partial charge in [0.15, 0.2) is 0 Å². The first-order valence-corrected chi connectivity index (χ1v) is 6.26. The molecule has 2 aromatic carbocycles. The molecule has 0 atom stereocenters. The second kappa shape index (κ2) is 5.85. The third kappa shape index (κ3) is 3.32. The van der Waals surface area contributed by atoms with Gasteiger partial charge in [-0.1, -0.05) is 29.8 Å². The molecule has 3 heteroatoms. The van der Waals surface area contributed by atoms with E-state index in [1.54, 1.807) is 6.07 Å². The number of rotatable bonds is 4. The molecule has 0 saturated carbocycles. The molecule has 0 heterocycles. The molecule has 0 saturated heterocycles. The Morgan fingerprint density at radius 3 is 2.42 bits per heavy atom. The number of aliphatic hydroxyl groups excluding tert-OH is 1. The number of anilines is 1. The van der Waals surface area contributed by atoms with Crippen LogP contribution < -0.4 is 4.90 Å². The second-order valence-corrected chi connectivity index (χ2v) is 4.77. The lowest BCUT2D eigenvalue weighted by Gasteiger charge is -2.22. The summed E-state index contributed by atoms with van der Waals surface area (Å²) in [5, 5.41) is 9.30. The maximum Gasteiger partial charge on any atom is 0.123 e. The average Bonchev–Trinajstić information content (AvgIpc) is 2.41. The quantitative estimate of drug-likeness (QED) is 0.911. The zero-order valence-corrected chi connectivity index (χ0v) is 11.2. The van der Waals surface area contributed by atoms with Gasteiger partial charge in [0.1, 0.15) is 5.82 Å². The fourth-order valence-electron chi connectivity index (χ4n) is 2.11. The predicted octanol–water partition coefficient (Wildman–Crippen LogP) is 3.26. The zero-order valence-electron chi connectivity index (χ0n) is 11.2. The Hall–Kier alpha value is -1.87. The summed E-state index contributed by atoms with van der Waals surface area (Å²) in [6, 6.07) is 12.8. The smallest absolute Gasteiger partial charge is 0.123 e. The third-order valence-corrected chi connectivity index (χ3v) is 3.16. The lowest BCUT2D eigenvalue weighted by Crippen LogP contribution is -2.18. The Morgan fingerprint density at radius 2 is 1.79 bits per heavy atom. The van der Waals surface area contributed by atoms with E-state index < -0.39 is 0 Å². The zero-order chi connectivity index (χ0) is 13.8. The Bertz CT molecular complexity index is 551. The van der Waals surface area contributed by atoms with E-state index in [0.717, 1.165) is 12.2 Å². The van der Waals surface area contributed by atoms with Crippen LogP contribution in [0.3, 0.4) is 0 Å². The molecule has 0 aliphatic heterocycles. The van der Waals surface area contributed by atoms with E-state index in [9.17, 15) is 9.50 Å². The summed E-state index contributed by atoms with van der Waals surface area (Å²) < 4.78 is 13.1. The number of aliphatic hydroxyl groups is 1. The number of halogens is 1. The summed E-state index contributed by atoms with van der Waals surface area (Å²) in [5.74, 6) is -0.323. The van der Waals surface area contributed by atoms with Crippen LogP contribution in [0.25, 0.3) is 0 Å². The monoisotopic (exact) mass is 259 g/mol. The van der Waals surface area contributed by atoms with E-state index in [0.29, 0.717) is 5.56 Å². The molecule has 2 aromatic rings. The molecular formula is C16H18FNO. The highest BCUT2D eigenvalue weighted by Gasteiger charge is 2.08. The average molecular weight is 259 g/mol. The Kier molecular flexibility index (Phi) is 4.17. The predicted molar refractivity (Wildman–Crippen MR) is 75.6 cm³/mol. The van der Waals surface area contributed by atoms with Crippen LogP contribution in [0, 0.1) is 12.7 Å². The van der Waals surface area contributed by atoms with E-state index in [1.807, 2.05) is 11.9 Å².